The van der Waals surface area contributed by atoms with E-state index in [-0.39, 0.29) is 36.5 Å². The molecule has 6 rings (SSSR count). The van der Waals surface area contributed by atoms with E-state index >= 15 is 4.11 Å². The summed E-state index contributed by atoms with van der Waals surface area (Å²) in [5, 5.41) is 15.9. The van der Waals surface area contributed by atoms with E-state index in [1.54, 1.807) is 49.5 Å². The third kappa shape index (κ3) is 5.46. The predicted octanol–water partition coefficient (Wildman–Crippen LogP) is 5.35. The number of aliphatic hydroxyl groups excluding tert-OH is 1. The lowest BCUT2D eigenvalue weighted by atomic mass is 9.86. The van der Waals surface area contributed by atoms with Gasteiger partial charge >= 0.3 is 0 Å². The maximum absolute atomic E-state index is 16.2. The molecule has 10 heteroatoms. The van der Waals surface area contributed by atoms with Crippen molar-refractivity contribution < 1.29 is 23.5 Å². The lowest BCUT2D eigenvalue weighted by molar-refractivity contribution is -0.136. The van der Waals surface area contributed by atoms with E-state index in [1.165, 1.54) is 4.68 Å². The molecule has 1 N–H and O–H groups in total. The minimum absolute atomic E-state index is 0.0242. The number of nitrogens with zero attached hydrogens (tertiary/aromatic N) is 3. The first-order valence-corrected chi connectivity index (χ1v) is 18.0. The third-order valence-electron chi connectivity index (χ3n) is 9.31. The van der Waals surface area contributed by atoms with Gasteiger partial charge in [0.05, 0.1) is 36.0 Å². The quantitative estimate of drug-likeness (QED) is 0.223. The predicted molar refractivity (Wildman–Crippen MR) is 169 cm³/mol. The van der Waals surface area contributed by atoms with Crippen LogP contribution in [0.15, 0.2) is 77.7 Å². The van der Waals surface area contributed by atoms with Crippen molar-refractivity contribution in [2.45, 2.75) is 63.2 Å². The van der Waals surface area contributed by atoms with Crippen LogP contribution in [0.5, 0.6) is 5.75 Å². The van der Waals surface area contributed by atoms with E-state index in [4.69, 9.17) is 9.47 Å². The number of hydrogen-bond acceptors (Lipinski definition) is 6. The highest BCUT2D eigenvalue weighted by Gasteiger charge is 2.49. The summed E-state index contributed by atoms with van der Waals surface area (Å²) in [6, 6.07) is 20.3. The SMILES string of the molecule is CO[C@@H]1c2cc(-n3ncc4ccccc4c3=O)ccc2O[C@H](C(CC(=O)N2Cc3ccccc3C[C@H]2CO)[Si](C)(C)F)[C@H]1C. The van der Waals surface area contributed by atoms with Gasteiger partial charge in [0.2, 0.25) is 14.3 Å². The summed E-state index contributed by atoms with van der Waals surface area (Å²) in [6.07, 6.45) is 1.13. The minimum Gasteiger partial charge on any atom is -0.490 e. The molecule has 0 saturated heterocycles. The van der Waals surface area contributed by atoms with Gasteiger partial charge in [-0.15, -0.1) is 0 Å². The van der Waals surface area contributed by atoms with Crippen LogP contribution in [0.2, 0.25) is 18.6 Å². The monoisotopic (exact) mass is 615 g/mol. The highest BCUT2D eigenvalue weighted by Crippen LogP contribution is 2.48. The van der Waals surface area contributed by atoms with Crippen molar-refractivity contribution >= 4 is 25.1 Å². The second-order valence-electron chi connectivity index (χ2n) is 12.5. The van der Waals surface area contributed by atoms with Crippen molar-refractivity contribution in [3.05, 3.63) is 100.0 Å². The van der Waals surface area contributed by atoms with Gasteiger partial charge in [0, 0.05) is 42.5 Å². The molecule has 8 nitrogen and oxygen atoms in total. The molecule has 4 aromatic rings. The molecule has 3 heterocycles. The molecule has 2 aliphatic heterocycles. The Morgan fingerprint density at radius 2 is 1.86 bits per heavy atom. The fraction of sp³-hybridized carbons (Fsp3) is 0.382. The van der Waals surface area contributed by atoms with Crippen LogP contribution in [0.3, 0.4) is 0 Å². The van der Waals surface area contributed by atoms with Gasteiger partial charge < -0.3 is 23.6 Å². The Morgan fingerprint density at radius 3 is 2.59 bits per heavy atom. The molecule has 5 atom stereocenters. The first-order chi connectivity index (χ1) is 21.1. The highest BCUT2D eigenvalue weighted by molar-refractivity contribution is 6.72. The van der Waals surface area contributed by atoms with Crippen LogP contribution >= 0.6 is 0 Å². The van der Waals surface area contributed by atoms with E-state index in [0.717, 1.165) is 22.1 Å². The second kappa shape index (κ2) is 11.9. The van der Waals surface area contributed by atoms with Crippen LogP contribution < -0.4 is 10.3 Å². The molecule has 230 valence electrons. The van der Waals surface area contributed by atoms with Crippen LogP contribution in [-0.4, -0.2) is 60.0 Å². The average Bonchev–Trinajstić information content (AvgIpc) is 3.02. The Bertz CT molecular complexity index is 1760. The van der Waals surface area contributed by atoms with Gasteiger partial charge in [-0.2, -0.15) is 9.78 Å². The molecule has 0 spiro atoms. The van der Waals surface area contributed by atoms with E-state index in [9.17, 15) is 14.7 Å². The van der Waals surface area contributed by atoms with Crippen molar-refractivity contribution in [1.82, 2.24) is 14.7 Å². The van der Waals surface area contributed by atoms with E-state index in [0.29, 0.717) is 29.8 Å². The number of benzene rings is 3. The Kier molecular flexibility index (Phi) is 8.17. The number of fused-ring (bicyclic) bond motifs is 3. The average molecular weight is 616 g/mol. The van der Waals surface area contributed by atoms with Crippen molar-refractivity contribution in [1.29, 1.82) is 0 Å². The molecule has 0 radical (unpaired) electrons. The van der Waals surface area contributed by atoms with Crippen molar-refractivity contribution in [3.8, 4) is 11.4 Å². The van der Waals surface area contributed by atoms with E-state index in [2.05, 4.69) is 5.10 Å². The molecule has 0 aliphatic carbocycles. The third-order valence-corrected chi connectivity index (χ3v) is 11.6. The van der Waals surface area contributed by atoms with Gasteiger partial charge in [0.25, 0.3) is 5.56 Å². The van der Waals surface area contributed by atoms with E-state index in [1.807, 2.05) is 55.5 Å². The Balaban J connectivity index is 1.30. The minimum atomic E-state index is -3.45. The van der Waals surface area contributed by atoms with Crippen molar-refractivity contribution in [2.75, 3.05) is 13.7 Å². The smallest absolute Gasteiger partial charge is 0.279 e. The van der Waals surface area contributed by atoms with Crippen LogP contribution in [0.1, 0.15) is 36.1 Å². The molecule has 3 aromatic carbocycles. The normalized spacial score (nSPS) is 22.2. The van der Waals surface area contributed by atoms with Gasteiger partial charge in [-0.05, 0) is 54.9 Å². The molecular weight excluding hydrogens is 577 g/mol. The number of ether oxygens (including phenoxy) is 2. The topological polar surface area (TPSA) is 93.9 Å². The molecule has 1 amide bonds. The Labute approximate surface area is 257 Å². The van der Waals surface area contributed by atoms with Crippen LogP contribution in [0, 0.1) is 5.92 Å². The number of aliphatic hydroxyl groups is 1. The standard InChI is InChI=1S/C34H38FN3O5Si/c1-21-32(42-2)28-16-25(38-34(41)27-12-8-7-10-23(27)18-36-38)13-14-29(28)43-33(21)30(44(3,4)35)17-31(40)37-19-24-11-6-5-9-22(24)15-26(37)20-39/h5-14,16,18,21,26,30,32-33,39H,15,17,19-20H2,1-4H3/t21-,26-,30?,32-,33-/m0/s1. The number of hydrogen-bond donors (Lipinski definition) is 1. The number of rotatable bonds is 7. The molecule has 1 unspecified atom stereocenters. The van der Waals surface area contributed by atoms with Gasteiger partial charge in [0.15, 0.2) is 0 Å². The molecule has 0 fully saturated rings. The van der Waals surface area contributed by atoms with Crippen LogP contribution in [-0.2, 0) is 22.5 Å². The lowest BCUT2D eigenvalue weighted by Crippen LogP contribution is -2.50. The summed E-state index contributed by atoms with van der Waals surface area (Å²) >= 11 is 0. The molecule has 1 aromatic heterocycles. The molecule has 0 saturated carbocycles. The second-order valence-corrected chi connectivity index (χ2v) is 16.3. The van der Waals surface area contributed by atoms with Gasteiger partial charge in [-0.1, -0.05) is 49.4 Å². The number of carbonyl (C=O) groups is 1. The summed E-state index contributed by atoms with van der Waals surface area (Å²) in [4.78, 5) is 28.8. The summed E-state index contributed by atoms with van der Waals surface area (Å²) in [5.41, 5.74) is 2.60. The summed E-state index contributed by atoms with van der Waals surface area (Å²) in [5.74, 6) is 0.0582. The molecule has 2 aliphatic rings. The van der Waals surface area contributed by atoms with Crippen LogP contribution in [0.25, 0.3) is 16.5 Å². The highest BCUT2D eigenvalue weighted by atomic mass is 28.4. The molecule has 0 bridgehead atoms. The van der Waals surface area contributed by atoms with E-state index < -0.39 is 26.2 Å². The maximum Gasteiger partial charge on any atom is 0.279 e. The first kappa shape index (κ1) is 30.2. The van der Waals surface area contributed by atoms with Gasteiger partial charge in [0.1, 0.15) is 11.9 Å². The Hall–Kier alpha value is -3.86. The molecular formula is C34H38FN3O5Si. The van der Waals surface area contributed by atoms with Crippen LogP contribution in [0.4, 0.5) is 4.11 Å². The maximum atomic E-state index is 16.2. The number of methoxy groups -OCH3 is 1. The summed E-state index contributed by atoms with van der Waals surface area (Å²) in [7, 11) is -1.85. The Morgan fingerprint density at radius 1 is 1.14 bits per heavy atom. The fourth-order valence-corrected chi connectivity index (χ4v) is 8.68. The number of halogens is 1. The zero-order valence-corrected chi connectivity index (χ0v) is 26.4. The van der Waals surface area contributed by atoms with Crippen molar-refractivity contribution in [3.63, 3.8) is 0 Å². The lowest BCUT2D eigenvalue weighted by Gasteiger charge is -2.44. The summed E-state index contributed by atoms with van der Waals surface area (Å²) in [6.45, 7) is 5.42. The number of carbonyl (C=O) groups excluding carboxylic acids is 1. The largest absolute Gasteiger partial charge is 0.490 e. The van der Waals surface area contributed by atoms with Gasteiger partial charge in [-0.3, -0.25) is 9.59 Å². The zero-order valence-electron chi connectivity index (χ0n) is 25.4. The number of aromatic nitrogens is 2. The first-order valence-electron chi connectivity index (χ1n) is 15.1. The summed E-state index contributed by atoms with van der Waals surface area (Å²) < 4.78 is 30.1. The zero-order chi connectivity index (χ0) is 31.2. The van der Waals surface area contributed by atoms with Crippen molar-refractivity contribution in [2.24, 2.45) is 5.92 Å². The molecule has 44 heavy (non-hydrogen) atoms. The van der Waals surface area contributed by atoms with Gasteiger partial charge in [-0.25, -0.2) is 0 Å². The fourth-order valence-electron chi connectivity index (χ4n) is 6.87. The number of amides is 1.